The van der Waals surface area contributed by atoms with Crippen molar-refractivity contribution in [2.24, 2.45) is 20.5 Å². The lowest BCUT2D eigenvalue weighted by molar-refractivity contribution is -0.432. The Morgan fingerprint density at radius 1 is 0.880 bits per heavy atom. The van der Waals surface area contributed by atoms with E-state index in [0.29, 0.717) is 17.4 Å². The van der Waals surface area contributed by atoms with Gasteiger partial charge in [-0.3, -0.25) is 29.6 Å². The fourth-order valence-corrected chi connectivity index (χ4v) is 5.60. The number of barbiturate groups is 1. The van der Waals surface area contributed by atoms with Crippen LogP contribution in [0.15, 0.2) is 103 Å². The Bertz CT molecular complexity index is 2120. The standard InChI is InChI=1S/C29H23N7O12S2/c37-9-10-46-23-13-19(35-34-18-6-3-16-11-20(49-48-47-42)14-24(21(16)12-18)50(43,44)45)7-8-22(23)30-26(38)15-1-4-17(5-2-15)33-36-25-27(39)31-29(41)32-28(25)40/h1-8,11-14,25,37,42H,9-10H2,(H,30,38)(H,43,44,45)(H2,31,32,39,40,41)/b35-34+,36-33+. The van der Waals surface area contributed by atoms with Gasteiger partial charge in [0.15, 0.2) is 0 Å². The Labute approximate surface area is 285 Å². The number of urea groups is 1. The van der Waals surface area contributed by atoms with Crippen LogP contribution in [0.2, 0.25) is 0 Å². The first kappa shape index (κ1) is 35.6. The van der Waals surface area contributed by atoms with Gasteiger partial charge in [-0.25, -0.2) is 10.1 Å². The zero-order valence-electron chi connectivity index (χ0n) is 25.0. The number of aliphatic hydroxyl groups excluding tert-OH is 1. The number of nitrogens with zero attached hydrogens (tertiary/aromatic N) is 4. The van der Waals surface area contributed by atoms with E-state index in [1.54, 1.807) is 0 Å². The van der Waals surface area contributed by atoms with Crippen molar-refractivity contribution in [2.45, 2.75) is 15.8 Å². The Kier molecular flexibility index (Phi) is 11.2. The Morgan fingerprint density at radius 3 is 2.20 bits per heavy atom. The highest BCUT2D eigenvalue weighted by atomic mass is 32.2. The molecule has 1 aliphatic heterocycles. The van der Waals surface area contributed by atoms with Crippen molar-refractivity contribution in [1.82, 2.24) is 10.6 Å². The van der Waals surface area contributed by atoms with Crippen molar-refractivity contribution in [3.05, 3.63) is 78.4 Å². The molecule has 0 bridgehead atoms. The van der Waals surface area contributed by atoms with E-state index in [9.17, 15) is 37.3 Å². The van der Waals surface area contributed by atoms with Crippen LogP contribution in [0.25, 0.3) is 10.8 Å². The maximum atomic E-state index is 13.0. The third kappa shape index (κ3) is 8.86. The number of hydrogen-bond acceptors (Lipinski definition) is 16. The van der Waals surface area contributed by atoms with Crippen LogP contribution in [0.4, 0.5) is 27.5 Å². The van der Waals surface area contributed by atoms with Crippen molar-refractivity contribution < 1.29 is 56.6 Å². The summed E-state index contributed by atoms with van der Waals surface area (Å²) in [6.45, 7) is -0.449. The smallest absolute Gasteiger partial charge is 0.328 e. The van der Waals surface area contributed by atoms with E-state index in [4.69, 9.17) is 9.99 Å². The van der Waals surface area contributed by atoms with E-state index in [0.717, 1.165) is 6.07 Å². The zero-order chi connectivity index (χ0) is 35.8. The number of anilines is 1. The van der Waals surface area contributed by atoms with Crippen LogP contribution in [0.1, 0.15) is 10.4 Å². The van der Waals surface area contributed by atoms with Gasteiger partial charge in [0.05, 0.1) is 41.4 Å². The molecule has 0 radical (unpaired) electrons. The lowest BCUT2D eigenvalue weighted by Crippen LogP contribution is -2.57. The first-order chi connectivity index (χ1) is 23.9. The van der Waals surface area contributed by atoms with E-state index in [-0.39, 0.29) is 57.6 Å². The van der Waals surface area contributed by atoms with Crippen molar-refractivity contribution in [2.75, 3.05) is 18.5 Å². The van der Waals surface area contributed by atoms with Crippen molar-refractivity contribution in [3.63, 3.8) is 0 Å². The largest absolute Gasteiger partial charge is 0.489 e. The molecule has 0 aromatic heterocycles. The minimum Gasteiger partial charge on any atom is -0.489 e. The number of aliphatic hydroxyl groups is 1. The number of azo groups is 2. The number of carbonyl (C=O) groups excluding carboxylic acids is 4. The second kappa shape index (κ2) is 15.7. The van der Waals surface area contributed by atoms with Crippen LogP contribution in [0.3, 0.4) is 0 Å². The average molecular weight is 726 g/mol. The number of carbonyl (C=O) groups is 4. The highest BCUT2D eigenvalue weighted by molar-refractivity contribution is 7.94. The van der Waals surface area contributed by atoms with Gasteiger partial charge >= 0.3 is 6.03 Å². The van der Waals surface area contributed by atoms with Gasteiger partial charge in [-0.2, -0.15) is 28.9 Å². The minimum atomic E-state index is -4.69. The molecule has 0 saturated carbocycles. The number of imide groups is 2. The third-order valence-corrected chi connectivity index (χ3v) is 7.99. The molecule has 1 saturated heterocycles. The lowest BCUT2D eigenvalue weighted by atomic mass is 10.1. The molecule has 50 heavy (non-hydrogen) atoms. The van der Waals surface area contributed by atoms with E-state index in [2.05, 4.69) is 35.1 Å². The third-order valence-electron chi connectivity index (χ3n) is 6.54. The molecule has 21 heteroatoms. The lowest BCUT2D eigenvalue weighted by Gasteiger charge is -2.16. The number of hydrogen-bond donors (Lipinski definition) is 6. The summed E-state index contributed by atoms with van der Waals surface area (Å²) in [5.74, 6) is -2.26. The van der Waals surface area contributed by atoms with Gasteiger partial charge in [0, 0.05) is 21.9 Å². The van der Waals surface area contributed by atoms with E-state index in [1.165, 1.54) is 66.7 Å². The van der Waals surface area contributed by atoms with Gasteiger partial charge in [-0.15, -0.1) is 4.33 Å². The average Bonchev–Trinajstić information content (AvgIpc) is 3.08. The van der Waals surface area contributed by atoms with E-state index >= 15 is 0 Å². The minimum absolute atomic E-state index is 0.118. The summed E-state index contributed by atoms with van der Waals surface area (Å²) >= 11 is 0.513. The van der Waals surface area contributed by atoms with Crippen molar-refractivity contribution in [1.29, 1.82) is 0 Å². The highest BCUT2D eigenvalue weighted by Gasteiger charge is 2.34. The van der Waals surface area contributed by atoms with Gasteiger partial charge in [-0.1, -0.05) is 11.1 Å². The normalized spacial score (nSPS) is 13.9. The van der Waals surface area contributed by atoms with E-state index < -0.39 is 44.8 Å². The number of benzene rings is 4. The SMILES string of the molecule is O=C1NC(=O)C(/N=N/c2ccc(C(=O)Nc3ccc(/N=N/c4ccc5cc(SOOO)cc(S(=O)(=O)O)c5c4)cc3OCCO)cc2)C(=O)N1. The first-order valence-electron chi connectivity index (χ1n) is 13.9. The summed E-state index contributed by atoms with van der Waals surface area (Å²) in [6.07, 6.45) is 0. The summed E-state index contributed by atoms with van der Waals surface area (Å²) < 4.78 is 43.9. The molecule has 1 heterocycles. The number of amides is 5. The quantitative estimate of drug-likeness (QED) is 0.0279. The Morgan fingerprint density at radius 2 is 1.54 bits per heavy atom. The van der Waals surface area contributed by atoms with Crippen molar-refractivity contribution >= 4 is 79.4 Å². The molecule has 4 aromatic carbocycles. The summed E-state index contributed by atoms with van der Waals surface area (Å²) in [7, 11) is -4.69. The summed E-state index contributed by atoms with van der Waals surface area (Å²) in [5.41, 5.74) is 1.12. The molecule has 0 spiro atoms. The fraction of sp³-hybridized carbons (Fsp3) is 0.103. The fourth-order valence-electron chi connectivity index (χ4n) is 4.34. The van der Waals surface area contributed by atoms with Crippen LogP contribution >= 0.6 is 12.0 Å². The van der Waals surface area contributed by atoms with Crippen LogP contribution in [0.5, 0.6) is 5.75 Å². The molecule has 0 atom stereocenters. The van der Waals surface area contributed by atoms with Crippen LogP contribution in [-0.4, -0.2) is 66.3 Å². The maximum Gasteiger partial charge on any atom is 0.328 e. The van der Waals surface area contributed by atoms with Crippen LogP contribution in [-0.2, 0) is 29.1 Å². The summed E-state index contributed by atoms with van der Waals surface area (Å²) in [5, 5.41) is 44.0. The molecule has 4 aromatic rings. The number of fused-ring (bicyclic) bond motifs is 1. The van der Waals surface area contributed by atoms with Crippen molar-refractivity contribution in [3.8, 4) is 5.75 Å². The van der Waals surface area contributed by atoms with Gasteiger partial charge in [0.1, 0.15) is 17.3 Å². The van der Waals surface area contributed by atoms with Gasteiger partial charge in [0.25, 0.3) is 27.8 Å². The predicted octanol–water partition coefficient (Wildman–Crippen LogP) is 4.37. The molecule has 6 N–H and O–H groups in total. The number of ether oxygens (including phenoxy) is 1. The zero-order valence-corrected chi connectivity index (χ0v) is 26.7. The van der Waals surface area contributed by atoms with E-state index in [1.807, 2.05) is 10.6 Å². The molecule has 258 valence electrons. The van der Waals surface area contributed by atoms with Crippen LogP contribution in [0, 0.1) is 0 Å². The van der Waals surface area contributed by atoms with Gasteiger partial charge in [0.2, 0.25) is 6.04 Å². The summed E-state index contributed by atoms with van der Waals surface area (Å²) in [6, 6.07) is 14.7. The molecular weight excluding hydrogens is 702 g/mol. The monoisotopic (exact) mass is 725 g/mol. The Balaban J connectivity index is 1.32. The second-order valence-electron chi connectivity index (χ2n) is 9.91. The Hall–Kier alpha value is -5.68. The molecule has 0 aliphatic carbocycles. The molecule has 0 unspecified atom stereocenters. The van der Waals surface area contributed by atoms with Gasteiger partial charge in [-0.05, 0) is 66.0 Å². The second-order valence-corrected chi connectivity index (χ2v) is 12.1. The van der Waals surface area contributed by atoms with Crippen LogP contribution < -0.4 is 20.7 Å². The molecular formula is C29H23N7O12S2. The highest BCUT2D eigenvalue weighted by Crippen LogP contribution is 2.35. The predicted molar refractivity (Wildman–Crippen MR) is 172 cm³/mol. The molecule has 1 fully saturated rings. The maximum absolute atomic E-state index is 13.0. The number of rotatable bonds is 13. The molecule has 1 aliphatic rings. The molecule has 5 amide bonds. The molecule has 5 rings (SSSR count). The molecule has 19 nitrogen and oxygen atoms in total. The topological polar surface area (TPSA) is 276 Å². The summed E-state index contributed by atoms with van der Waals surface area (Å²) in [4.78, 5) is 47.6. The first-order valence-corrected chi connectivity index (χ1v) is 16.1. The van der Waals surface area contributed by atoms with Gasteiger partial charge < -0.3 is 15.2 Å². The number of nitrogens with one attached hydrogen (secondary N) is 3.